The summed E-state index contributed by atoms with van der Waals surface area (Å²) >= 11 is 0. The maximum absolute atomic E-state index is 14.2. The van der Waals surface area contributed by atoms with Crippen LogP contribution in [0.1, 0.15) is 26.6 Å². The number of fused-ring (bicyclic) bond motifs is 1. The Balaban J connectivity index is 2.00. The number of aromatic nitrogens is 4. The van der Waals surface area contributed by atoms with Crippen molar-refractivity contribution in [3.63, 3.8) is 0 Å². The quantitative estimate of drug-likeness (QED) is 0.727. The maximum Gasteiger partial charge on any atom is 0.250 e. The van der Waals surface area contributed by atoms with Crippen LogP contribution in [0.5, 0.6) is 5.88 Å². The molecule has 0 atom stereocenters. The van der Waals surface area contributed by atoms with Crippen molar-refractivity contribution in [2.45, 2.75) is 33.3 Å². The minimum absolute atomic E-state index is 0.0119. The van der Waals surface area contributed by atoms with Crippen LogP contribution in [0.2, 0.25) is 0 Å². The molecule has 5 nitrogen and oxygen atoms in total. The Bertz CT molecular complexity index is 836. The Kier molecular flexibility index (Phi) is 3.31. The van der Waals surface area contributed by atoms with Crippen LogP contribution in [0.4, 0.5) is 4.39 Å². The highest BCUT2D eigenvalue weighted by atomic mass is 19.1. The summed E-state index contributed by atoms with van der Waals surface area (Å²) in [4.78, 5) is 4.09. The van der Waals surface area contributed by atoms with Gasteiger partial charge in [0, 0.05) is 23.5 Å². The van der Waals surface area contributed by atoms with Crippen molar-refractivity contribution in [1.29, 1.82) is 0 Å². The second kappa shape index (κ2) is 5.05. The fourth-order valence-corrected chi connectivity index (χ4v) is 2.12. The molecule has 0 spiro atoms. The Hall–Kier alpha value is -2.50. The van der Waals surface area contributed by atoms with Gasteiger partial charge in [-0.25, -0.2) is 9.37 Å². The van der Waals surface area contributed by atoms with Crippen molar-refractivity contribution in [2.24, 2.45) is 0 Å². The van der Waals surface area contributed by atoms with Gasteiger partial charge in [0.15, 0.2) is 11.5 Å². The second-order valence-corrected chi connectivity index (χ2v) is 6.12. The maximum atomic E-state index is 14.2. The molecule has 3 aromatic heterocycles. The molecular formula is C16H17FN4O. The topological polar surface area (TPSA) is 52.3 Å². The molecule has 0 unspecified atom stereocenters. The van der Waals surface area contributed by atoms with E-state index >= 15 is 0 Å². The van der Waals surface area contributed by atoms with E-state index in [1.165, 1.54) is 6.07 Å². The van der Waals surface area contributed by atoms with Crippen LogP contribution in [0, 0.1) is 12.7 Å². The molecule has 3 rings (SSSR count). The summed E-state index contributed by atoms with van der Waals surface area (Å²) in [6.45, 7) is 7.42. The molecule has 6 heteroatoms. The fourth-order valence-electron chi connectivity index (χ4n) is 2.12. The zero-order valence-electron chi connectivity index (χ0n) is 13.0. The van der Waals surface area contributed by atoms with Crippen LogP contribution >= 0.6 is 0 Å². The van der Waals surface area contributed by atoms with E-state index in [0.29, 0.717) is 5.56 Å². The van der Waals surface area contributed by atoms with E-state index in [-0.39, 0.29) is 5.88 Å². The lowest BCUT2D eigenvalue weighted by Crippen LogP contribution is -2.24. The third kappa shape index (κ3) is 2.77. The van der Waals surface area contributed by atoms with Crippen LogP contribution < -0.4 is 4.74 Å². The van der Waals surface area contributed by atoms with E-state index in [1.54, 1.807) is 6.20 Å². The first-order chi connectivity index (χ1) is 10.3. The smallest absolute Gasteiger partial charge is 0.250 e. The Morgan fingerprint density at radius 1 is 1.14 bits per heavy atom. The van der Waals surface area contributed by atoms with E-state index < -0.39 is 11.4 Å². The van der Waals surface area contributed by atoms with E-state index in [2.05, 4.69) is 15.2 Å². The van der Waals surface area contributed by atoms with E-state index in [9.17, 15) is 4.39 Å². The van der Waals surface area contributed by atoms with Crippen molar-refractivity contribution in [3.8, 4) is 17.0 Å². The summed E-state index contributed by atoms with van der Waals surface area (Å²) in [7, 11) is 0. The highest BCUT2D eigenvalue weighted by molar-refractivity contribution is 5.64. The molecule has 3 heterocycles. The SMILES string of the molecule is Cc1nnc2ccc(-c3cnc(OC(C)(C)C)c(F)c3)cn12. The van der Waals surface area contributed by atoms with Gasteiger partial charge in [-0.1, -0.05) is 0 Å². The highest BCUT2D eigenvalue weighted by Crippen LogP contribution is 2.25. The molecule has 0 N–H and O–H groups in total. The zero-order chi connectivity index (χ0) is 15.9. The monoisotopic (exact) mass is 300 g/mol. The molecule has 114 valence electrons. The molecule has 3 aromatic rings. The zero-order valence-corrected chi connectivity index (χ0v) is 13.0. The predicted octanol–water partition coefficient (Wildman–Crippen LogP) is 3.42. The minimum atomic E-state index is -0.492. The Morgan fingerprint density at radius 3 is 2.59 bits per heavy atom. The van der Waals surface area contributed by atoms with Crippen molar-refractivity contribution >= 4 is 5.65 Å². The van der Waals surface area contributed by atoms with Gasteiger partial charge in [0.1, 0.15) is 11.4 Å². The third-order valence-corrected chi connectivity index (χ3v) is 3.12. The van der Waals surface area contributed by atoms with Gasteiger partial charge >= 0.3 is 0 Å². The summed E-state index contributed by atoms with van der Waals surface area (Å²) in [5.41, 5.74) is 1.77. The molecule has 0 amide bonds. The van der Waals surface area contributed by atoms with Crippen LogP contribution in [0.25, 0.3) is 16.8 Å². The van der Waals surface area contributed by atoms with Gasteiger partial charge in [-0.2, -0.15) is 0 Å². The number of hydrogen-bond donors (Lipinski definition) is 0. The molecule has 0 fully saturated rings. The molecular weight excluding hydrogens is 283 g/mol. The summed E-state index contributed by atoms with van der Waals surface area (Å²) < 4.78 is 21.5. The van der Waals surface area contributed by atoms with Gasteiger partial charge in [-0.15, -0.1) is 10.2 Å². The average molecular weight is 300 g/mol. The van der Waals surface area contributed by atoms with E-state index in [0.717, 1.165) is 17.0 Å². The molecule has 0 saturated carbocycles. The summed E-state index contributed by atoms with van der Waals surface area (Å²) in [5.74, 6) is 0.309. The molecule has 0 aromatic carbocycles. The van der Waals surface area contributed by atoms with Gasteiger partial charge in [-0.3, -0.25) is 4.40 Å². The van der Waals surface area contributed by atoms with E-state index in [4.69, 9.17) is 4.74 Å². The normalized spacial score (nSPS) is 11.9. The summed E-state index contributed by atoms with van der Waals surface area (Å²) in [5, 5.41) is 8.03. The average Bonchev–Trinajstić information content (AvgIpc) is 2.81. The standard InChI is InChI=1S/C16H17FN4O/c1-10-19-20-14-6-5-11(9-21(10)14)12-7-13(17)15(18-8-12)22-16(2,3)4/h5-9H,1-4H3. The number of halogens is 1. The third-order valence-electron chi connectivity index (χ3n) is 3.12. The van der Waals surface area contributed by atoms with Gasteiger partial charge in [0.2, 0.25) is 0 Å². The van der Waals surface area contributed by atoms with Crippen LogP contribution in [-0.2, 0) is 0 Å². The van der Waals surface area contributed by atoms with Crippen molar-refractivity contribution in [2.75, 3.05) is 0 Å². The summed E-state index contributed by atoms with van der Waals surface area (Å²) in [6.07, 6.45) is 3.47. The van der Waals surface area contributed by atoms with Crippen LogP contribution in [0.3, 0.4) is 0 Å². The first kappa shape index (κ1) is 14.4. The van der Waals surface area contributed by atoms with Gasteiger partial charge in [0.05, 0.1) is 0 Å². The second-order valence-electron chi connectivity index (χ2n) is 6.12. The number of aryl methyl sites for hydroxylation is 1. The van der Waals surface area contributed by atoms with Gasteiger partial charge in [0.25, 0.3) is 5.88 Å². The Labute approximate surface area is 127 Å². The number of pyridine rings is 2. The fraction of sp³-hybridized carbons (Fsp3) is 0.312. The van der Waals surface area contributed by atoms with E-state index in [1.807, 2.05) is 50.4 Å². The Morgan fingerprint density at radius 2 is 1.91 bits per heavy atom. The molecule has 0 aliphatic carbocycles. The van der Waals surface area contributed by atoms with Crippen LogP contribution in [-0.4, -0.2) is 25.2 Å². The van der Waals surface area contributed by atoms with Gasteiger partial charge < -0.3 is 4.74 Å². The first-order valence-corrected chi connectivity index (χ1v) is 7.00. The lowest BCUT2D eigenvalue weighted by atomic mass is 10.1. The van der Waals surface area contributed by atoms with Crippen molar-refractivity contribution in [1.82, 2.24) is 19.6 Å². The molecule has 0 bridgehead atoms. The van der Waals surface area contributed by atoms with Gasteiger partial charge in [-0.05, 0) is 45.9 Å². The first-order valence-electron chi connectivity index (χ1n) is 7.00. The number of rotatable bonds is 2. The number of hydrogen-bond acceptors (Lipinski definition) is 4. The number of ether oxygens (including phenoxy) is 1. The summed E-state index contributed by atoms with van der Waals surface area (Å²) in [6, 6.07) is 5.13. The predicted molar refractivity (Wildman–Crippen MR) is 81.3 cm³/mol. The van der Waals surface area contributed by atoms with Crippen LogP contribution in [0.15, 0.2) is 30.6 Å². The van der Waals surface area contributed by atoms with Crippen molar-refractivity contribution < 1.29 is 9.13 Å². The minimum Gasteiger partial charge on any atom is -0.470 e. The highest BCUT2D eigenvalue weighted by Gasteiger charge is 2.17. The number of nitrogens with zero attached hydrogens (tertiary/aromatic N) is 4. The largest absolute Gasteiger partial charge is 0.470 e. The molecule has 0 aliphatic rings. The molecule has 0 radical (unpaired) electrons. The lowest BCUT2D eigenvalue weighted by molar-refractivity contribution is 0.117. The van der Waals surface area contributed by atoms with Crippen molar-refractivity contribution in [3.05, 3.63) is 42.2 Å². The molecule has 0 aliphatic heterocycles. The lowest BCUT2D eigenvalue weighted by Gasteiger charge is -2.20. The molecule has 22 heavy (non-hydrogen) atoms. The molecule has 0 saturated heterocycles.